The van der Waals surface area contributed by atoms with Crippen LogP contribution in [0, 0.1) is 13.8 Å². The van der Waals surface area contributed by atoms with Crippen LogP contribution in [0.25, 0.3) is 16.9 Å². The van der Waals surface area contributed by atoms with Gasteiger partial charge in [-0.3, -0.25) is 0 Å². The van der Waals surface area contributed by atoms with Crippen molar-refractivity contribution in [2.24, 2.45) is 7.05 Å². The molecule has 5 rings (SSSR count). The van der Waals surface area contributed by atoms with Gasteiger partial charge in [0.2, 0.25) is 0 Å². The summed E-state index contributed by atoms with van der Waals surface area (Å²) >= 11 is 0. The lowest BCUT2D eigenvalue weighted by Gasteiger charge is -2.06. The minimum atomic E-state index is 0.371. The Labute approximate surface area is 150 Å². The van der Waals surface area contributed by atoms with E-state index in [4.69, 9.17) is 4.98 Å². The summed E-state index contributed by atoms with van der Waals surface area (Å²) in [6.45, 7) is 3.79. The molecule has 0 radical (unpaired) electrons. The summed E-state index contributed by atoms with van der Waals surface area (Å²) < 4.78 is 3.91. The topological polar surface area (TPSA) is 74.3 Å². The SMILES string of the molecule is Cc1nc([C@@H]2C[C@H]2c2nc3ccccc3n2C)cc(-n2cnc(C)n2)n1. The van der Waals surface area contributed by atoms with Gasteiger partial charge in [-0.1, -0.05) is 12.1 Å². The highest BCUT2D eigenvalue weighted by molar-refractivity contribution is 5.76. The second kappa shape index (κ2) is 5.45. The Morgan fingerprint density at radius 2 is 1.85 bits per heavy atom. The summed E-state index contributed by atoms with van der Waals surface area (Å²) in [6, 6.07) is 10.3. The molecular formula is C19H19N7. The number of imidazole rings is 1. The molecule has 7 heteroatoms. The van der Waals surface area contributed by atoms with Crippen LogP contribution >= 0.6 is 0 Å². The number of hydrogen-bond donors (Lipinski definition) is 0. The lowest BCUT2D eigenvalue weighted by atomic mass is 10.2. The minimum absolute atomic E-state index is 0.371. The standard InChI is InChI=1S/C19H19N7/c1-11-20-10-26(24-11)18-9-16(21-12(2)22-18)13-8-14(13)19-23-15-6-4-5-7-17(15)25(19)3/h4-7,9-10,13-14H,8H2,1-3H3/t13-,14-/m1/s1. The Bertz CT molecular complexity index is 1120. The summed E-state index contributed by atoms with van der Waals surface area (Å²) in [5, 5.41) is 4.36. The molecule has 1 aliphatic carbocycles. The fraction of sp³-hybridized carbons (Fsp3) is 0.316. The van der Waals surface area contributed by atoms with Gasteiger partial charge in [0.15, 0.2) is 5.82 Å². The van der Waals surface area contributed by atoms with Crippen LogP contribution in [-0.2, 0) is 7.05 Å². The highest BCUT2D eigenvalue weighted by Crippen LogP contribution is 2.54. The molecular weight excluding hydrogens is 326 g/mol. The number of fused-ring (bicyclic) bond motifs is 1. The van der Waals surface area contributed by atoms with Crippen molar-refractivity contribution in [3.63, 3.8) is 0 Å². The normalized spacial score (nSPS) is 19.2. The molecule has 26 heavy (non-hydrogen) atoms. The first-order valence-electron chi connectivity index (χ1n) is 8.76. The molecule has 4 aromatic rings. The number of para-hydroxylation sites is 2. The van der Waals surface area contributed by atoms with Crippen molar-refractivity contribution in [1.29, 1.82) is 0 Å². The van der Waals surface area contributed by atoms with Crippen LogP contribution in [0.3, 0.4) is 0 Å². The van der Waals surface area contributed by atoms with Crippen LogP contribution in [0.1, 0.15) is 41.4 Å². The van der Waals surface area contributed by atoms with Gasteiger partial charge in [-0.2, -0.15) is 5.10 Å². The van der Waals surface area contributed by atoms with E-state index in [9.17, 15) is 0 Å². The van der Waals surface area contributed by atoms with Crippen molar-refractivity contribution in [3.8, 4) is 5.82 Å². The number of rotatable bonds is 3. The predicted octanol–water partition coefficient (Wildman–Crippen LogP) is 2.83. The first-order chi connectivity index (χ1) is 12.6. The van der Waals surface area contributed by atoms with Crippen molar-refractivity contribution >= 4 is 11.0 Å². The molecule has 3 aromatic heterocycles. The smallest absolute Gasteiger partial charge is 0.159 e. The molecule has 0 aliphatic heterocycles. The third-order valence-corrected chi connectivity index (χ3v) is 5.01. The minimum Gasteiger partial charge on any atom is -0.331 e. The zero-order valence-electron chi connectivity index (χ0n) is 15.0. The first-order valence-corrected chi connectivity index (χ1v) is 8.76. The fourth-order valence-corrected chi connectivity index (χ4v) is 3.64. The molecule has 0 spiro atoms. The summed E-state index contributed by atoms with van der Waals surface area (Å²) in [7, 11) is 2.09. The molecule has 130 valence electrons. The van der Waals surface area contributed by atoms with Crippen LogP contribution in [0.5, 0.6) is 0 Å². The van der Waals surface area contributed by atoms with Crippen LogP contribution in [0.4, 0.5) is 0 Å². The number of benzene rings is 1. The number of nitrogens with zero attached hydrogens (tertiary/aromatic N) is 7. The third-order valence-electron chi connectivity index (χ3n) is 5.01. The molecule has 0 saturated heterocycles. The highest BCUT2D eigenvalue weighted by atomic mass is 15.4. The van der Waals surface area contributed by atoms with Gasteiger partial charge in [0, 0.05) is 24.9 Å². The Hall–Kier alpha value is -3.09. The van der Waals surface area contributed by atoms with E-state index >= 15 is 0 Å². The molecule has 3 heterocycles. The van der Waals surface area contributed by atoms with Crippen LogP contribution in [0.15, 0.2) is 36.7 Å². The zero-order valence-corrected chi connectivity index (χ0v) is 15.0. The van der Waals surface area contributed by atoms with E-state index in [0.717, 1.165) is 40.9 Å². The summed E-state index contributed by atoms with van der Waals surface area (Å²) in [5.41, 5.74) is 3.27. The van der Waals surface area contributed by atoms with Crippen molar-refractivity contribution in [1.82, 2.24) is 34.3 Å². The zero-order chi connectivity index (χ0) is 17.8. The van der Waals surface area contributed by atoms with Gasteiger partial charge >= 0.3 is 0 Å². The van der Waals surface area contributed by atoms with Crippen molar-refractivity contribution < 1.29 is 0 Å². The van der Waals surface area contributed by atoms with Crippen LogP contribution < -0.4 is 0 Å². The average Bonchev–Trinajstić information content (AvgIpc) is 3.20. The van der Waals surface area contributed by atoms with E-state index < -0.39 is 0 Å². The predicted molar refractivity (Wildman–Crippen MR) is 97.2 cm³/mol. The second-order valence-electron chi connectivity index (χ2n) is 6.90. The Balaban J connectivity index is 1.50. The summed E-state index contributed by atoms with van der Waals surface area (Å²) in [4.78, 5) is 18.2. The molecule has 1 saturated carbocycles. The first kappa shape index (κ1) is 15.2. The van der Waals surface area contributed by atoms with Gasteiger partial charge in [0.05, 0.1) is 16.7 Å². The van der Waals surface area contributed by atoms with E-state index in [-0.39, 0.29) is 0 Å². The maximum Gasteiger partial charge on any atom is 0.159 e. The summed E-state index contributed by atoms with van der Waals surface area (Å²) in [6.07, 6.45) is 2.75. The maximum atomic E-state index is 4.85. The molecule has 0 unspecified atom stereocenters. The van der Waals surface area contributed by atoms with Gasteiger partial charge < -0.3 is 4.57 Å². The lowest BCUT2D eigenvalue weighted by Crippen LogP contribution is -2.05. The van der Waals surface area contributed by atoms with Gasteiger partial charge in [-0.15, -0.1) is 0 Å². The quantitative estimate of drug-likeness (QED) is 0.571. The monoisotopic (exact) mass is 345 g/mol. The Morgan fingerprint density at radius 3 is 2.62 bits per heavy atom. The second-order valence-corrected chi connectivity index (χ2v) is 6.90. The number of hydrogen-bond acceptors (Lipinski definition) is 5. The van der Waals surface area contributed by atoms with E-state index in [0.29, 0.717) is 11.8 Å². The Morgan fingerprint density at radius 1 is 1.00 bits per heavy atom. The van der Waals surface area contributed by atoms with Crippen molar-refractivity contribution in [3.05, 3.63) is 59.8 Å². The molecule has 0 bridgehead atoms. The molecule has 1 fully saturated rings. The van der Waals surface area contributed by atoms with Gasteiger partial charge in [0.25, 0.3) is 0 Å². The third kappa shape index (κ3) is 2.39. The lowest BCUT2D eigenvalue weighted by molar-refractivity contribution is 0.780. The average molecular weight is 345 g/mol. The number of aryl methyl sites for hydroxylation is 3. The molecule has 0 N–H and O–H groups in total. The van der Waals surface area contributed by atoms with Crippen LogP contribution in [0.2, 0.25) is 0 Å². The molecule has 2 atom stereocenters. The van der Waals surface area contributed by atoms with E-state index in [1.54, 1.807) is 11.0 Å². The number of aromatic nitrogens is 7. The van der Waals surface area contributed by atoms with Crippen molar-refractivity contribution in [2.75, 3.05) is 0 Å². The molecule has 1 aromatic carbocycles. The van der Waals surface area contributed by atoms with Gasteiger partial charge in [-0.05, 0) is 32.4 Å². The van der Waals surface area contributed by atoms with E-state index in [1.807, 2.05) is 26.0 Å². The summed E-state index contributed by atoms with van der Waals surface area (Å²) in [5.74, 6) is 4.14. The van der Waals surface area contributed by atoms with E-state index in [2.05, 4.69) is 49.9 Å². The molecule has 1 aliphatic rings. The van der Waals surface area contributed by atoms with Crippen LogP contribution in [-0.4, -0.2) is 34.3 Å². The van der Waals surface area contributed by atoms with Gasteiger partial charge in [0.1, 0.15) is 23.8 Å². The highest BCUT2D eigenvalue weighted by Gasteiger charge is 2.44. The largest absolute Gasteiger partial charge is 0.331 e. The van der Waals surface area contributed by atoms with Gasteiger partial charge in [-0.25, -0.2) is 24.6 Å². The molecule has 0 amide bonds. The maximum absolute atomic E-state index is 4.85. The fourth-order valence-electron chi connectivity index (χ4n) is 3.64. The molecule has 7 nitrogen and oxygen atoms in total. The Kier molecular flexibility index (Phi) is 3.19. The van der Waals surface area contributed by atoms with Crippen molar-refractivity contribution in [2.45, 2.75) is 32.1 Å². The van der Waals surface area contributed by atoms with E-state index in [1.165, 1.54) is 5.52 Å².